The van der Waals surface area contributed by atoms with Gasteiger partial charge in [-0.2, -0.15) is 0 Å². The van der Waals surface area contributed by atoms with Crippen molar-refractivity contribution in [2.45, 2.75) is 4.90 Å². The van der Waals surface area contributed by atoms with E-state index >= 15 is 0 Å². The summed E-state index contributed by atoms with van der Waals surface area (Å²) in [6, 6.07) is 15.7. The molecule has 0 aliphatic carbocycles. The summed E-state index contributed by atoms with van der Waals surface area (Å²) in [5.41, 5.74) is 0.383. The van der Waals surface area contributed by atoms with Crippen LogP contribution in [0.3, 0.4) is 0 Å². The zero-order chi connectivity index (χ0) is 15.6. The predicted octanol–water partition coefficient (Wildman–Crippen LogP) is 3.04. The van der Waals surface area contributed by atoms with E-state index in [2.05, 4.69) is 9.71 Å². The van der Waals surface area contributed by atoms with Crippen molar-refractivity contribution in [3.05, 3.63) is 60.8 Å². The first-order valence-corrected chi connectivity index (χ1v) is 8.09. The van der Waals surface area contributed by atoms with Gasteiger partial charge < -0.3 is 4.74 Å². The lowest BCUT2D eigenvalue weighted by Crippen LogP contribution is -2.13. The summed E-state index contributed by atoms with van der Waals surface area (Å²) in [6.07, 6.45) is 1.42. The molecule has 0 unspecified atom stereocenters. The summed E-state index contributed by atoms with van der Waals surface area (Å²) in [6.45, 7) is 0. The third kappa shape index (κ3) is 2.73. The average molecular weight is 314 g/mol. The largest absolute Gasteiger partial charge is 0.481 e. The number of hydrogen-bond acceptors (Lipinski definition) is 4. The monoisotopic (exact) mass is 314 g/mol. The van der Waals surface area contributed by atoms with Crippen LogP contribution in [0.4, 0.5) is 5.69 Å². The molecule has 1 aromatic heterocycles. The van der Waals surface area contributed by atoms with E-state index in [1.165, 1.54) is 13.3 Å². The fraction of sp³-hybridized carbons (Fsp3) is 0.0625. The molecule has 5 nitrogen and oxygen atoms in total. The minimum Gasteiger partial charge on any atom is -0.481 e. The summed E-state index contributed by atoms with van der Waals surface area (Å²) in [7, 11) is -2.19. The summed E-state index contributed by atoms with van der Waals surface area (Å²) in [5, 5.41) is 1.55. The number of pyridine rings is 1. The average Bonchev–Trinajstić information content (AvgIpc) is 2.54. The highest BCUT2D eigenvalue weighted by Crippen LogP contribution is 2.25. The SMILES string of the molecule is COc1ccc(NS(=O)(=O)c2cccc3ccccc23)cn1. The fourth-order valence-electron chi connectivity index (χ4n) is 2.20. The second kappa shape index (κ2) is 5.65. The number of methoxy groups -OCH3 is 1. The van der Waals surface area contributed by atoms with Crippen LogP contribution in [-0.4, -0.2) is 20.5 Å². The summed E-state index contributed by atoms with van der Waals surface area (Å²) < 4.78 is 32.7. The van der Waals surface area contributed by atoms with Crippen molar-refractivity contribution in [3.63, 3.8) is 0 Å². The van der Waals surface area contributed by atoms with Gasteiger partial charge in [-0.25, -0.2) is 13.4 Å². The normalized spacial score (nSPS) is 11.3. The van der Waals surface area contributed by atoms with E-state index in [0.717, 1.165) is 5.39 Å². The number of sulfonamides is 1. The molecule has 3 rings (SSSR count). The molecule has 0 atom stereocenters. The summed E-state index contributed by atoms with van der Waals surface area (Å²) >= 11 is 0. The van der Waals surface area contributed by atoms with E-state index in [1.807, 2.05) is 24.3 Å². The van der Waals surface area contributed by atoms with Crippen LogP contribution in [0.1, 0.15) is 0 Å². The van der Waals surface area contributed by atoms with Crippen LogP contribution in [0.15, 0.2) is 65.7 Å². The third-order valence-corrected chi connectivity index (χ3v) is 4.68. The number of nitrogens with one attached hydrogen (secondary N) is 1. The molecule has 0 amide bonds. The molecular weight excluding hydrogens is 300 g/mol. The van der Waals surface area contributed by atoms with Gasteiger partial charge in [0.25, 0.3) is 10.0 Å². The van der Waals surface area contributed by atoms with E-state index in [9.17, 15) is 8.42 Å². The first-order valence-electron chi connectivity index (χ1n) is 6.61. The number of rotatable bonds is 4. The lowest BCUT2D eigenvalue weighted by Gasteiger charge is -2.10. The first kappa shape index (κ1) is 14.3. The van der Waals surface area contributed by atoms with Gasteiger partial charge in [-0.3, -0.25) is 4.72 Å². The Balaban J connectivity index is 2.01. The molecule has 1 N–H and O–H groups in total. The molecule has 0 aliphatic heterocycles. The van der Waals surface area contributed by atoms with Gasteiger partial charge in [0, 0.05) is 11.5 Å². The van der Waals surface area contributed by atoms with E-state index in [0.29, 0.717) is 17.0 Å². The van der Waals surface area contributed by atoms with Crippen LogP contribution in [0, 0.1) is 0 Å². The van der Waals surface area contributed by atoms with Crippen LogP contribution in [0.5, 0.6) is 5.88 Å². The van der Waals surface area contributed by atoms with Crippen molar-refractivity contribution in [2.24, 2.45) is 0 Å². The van der Waals surface area contributed by atoms with Crippen molar-refractivity contribution in [1.29, 1.82) is 0 Å². The lowest BCUT2D eigenvalue weighted by atomic mass is 10.1. The van der Waals surface area contributed by atoms with Crippen LogP contribution < -0.4 is 9.46 Å². The molecular formula is C16H14N2O3S. The van der Waals surface area contributed by atoms with Crippen LogP contribution in [0.2, 0.25) is 0 Å². The highest BCUT2D eigenvalue weighted by atomic mass is 32.2. The van der Waals surface area contributed by atoms with Crippen molar-refractivity contribution in [3.8, 4) is 5.88 Å². The van der Waals surface area contributed by atoms with Crippen molar-refractivity contribution in [1.82, 2.24) is 4.98 Å². The molecule has 0 bridgehead atoms. The van der Waals surface area contributed by atoms with Crippen LogP contribution >= 0.6 is 0 Å². The van der Waals surface area contributed by atoms with Gasteiger partial charge in [-0.1, -0.05) is 36.4 Å². The minimum absolute atomic E-state index is 0.237. The number of nitrogens with zero attached hydrogens (tertiary/aromatic N) is 1. The minimum atomic E-state index is -3.69. The number of ether oxygens (including phenoxy) is 1. The maximum absolute atomic E-state index is 12.6. The van der Waals surface area contributed by atoms with Crippen molar-refractivity contribution >= 4 is 26.5 Å². The molecule has 6 heteroatoms. The smallest absolute Gasteiger partial charge is 0.262 e. The third-order valence-electron chi connectivity index (χ3n) is 3.24. The Morgan fingerprint density at radius 1 is 1.00 bits per heavy atom. The number of fused-ring (bicyclic) bond motifs is 1. The number of anilines is 1. The van der Waals surface area contributed by atoms with Gasteiger partial charge in [0.1, 0.15) is 0 Å². The number of aromatic nitrogens is 1. The molecule has 0 saturated carbocycles. The molecule has 0 saturated heterocycles. The number of benzene rings is 2. The topological polar surface area (TPSA) is 68.3 Å². The van der Waals surface area contributed by atoms with Gasteiger partial charge >= 0.3 is 0 Å². The molecule has 0 fully saturated rings. The summed E-state index contributed by atoms with van der Waals surface area (Å²) in [4.78, 5) is 4.23. The zero-order valence-electron chi connectivity index (χ0n) is 11.9. The standard InChI is InChI=1S/C16H14N2O3S/c1-21-16-10-9-13(11-17-16)18-22(19,20)15-8-4-6-12-5-2-3-7-14(12)15/h2-11,18H,1H3. The second-order valence-electron chi connectivity index (χ2n) is 4.67. The molecule has 0 aliphatic rings. The van der Waals surface area contributed by atoms with E-state index in [-0.39, 0.29) is 4.90 Å². The molecule has 22 heavy (non-hydrogen) atoms. The Labute approximate surface area is 128 Å². The Morgan fingerprint density at radius 3 is 2.50 bits per heavy atom. The Bertz CT molecular complexity index is 901. The van der Waals surface area contributed by atoms with E-state index < -0.39 is 10.0 Å². The fourth-order valence-corrected chi connectivity index (χ4v) is 3.48. The van der Waals surface area contributed by atoms with Crippen molar-refractivity contribution < 1.29 is 13.2 Å². The molecule has 0 spiro atoms. The quantitative estimate of drug-likeness (QED) is 0.803. The Morgan fingerprint density at radius 2 is 1.77 bits per heavy atom. The highest BCUT2D eigenvalue weighted by Gasteiger charge is 2.17. The van der Waals surface area contributed by atoms with Gasteiger partial charge in [-0.05, 0) is 17.5 Å². The molecule has 2 aromatic carbocycles. The molecule has 112 valence electrons. The lowest BCUT2D eigenvalue weighted by molar-refractivity contribution is 0.398. The van der Waals surface area contributed by atoms with E-state index in [4.69, 9.17) is 4.74 Å². The van der Waals surface area contributed by atoms with Gasteiger partial charge in [0.05, 0.1) is 23.9 Å². The highest BCUT2D eigenvalue weighted by molar-refractivity contribution is 7.93. The van der Waals surface area contributed by atoms with Crippen LogP contribution in [0.25, 0.3) is 10.8 Å². The molecule has 1 heterocycles. The van der Waals surface area contributed by atoms with Gasteiger partial charge in [0.15, 0.2) is 0 Å². The second-order valence-corrected chi connectivity index (χ2v) is 6.32. The maximum atomic E-state index is 12.6. The van der Waals surface area contributed by atoms with Gasteiger partial charge in [-0.15, -0.1) is 0 Å². The van der Waals surface area contributed by atoms with Gasteiger partial charge in [0.2, 0.25) is 5.88 Å². The molecule has 3 aromatic rings. The van der Waals surface area contributed by atoms with E-state index in [1.54, 1.807) is 30.3 Å². The van der Waals surface area contributed by atoms with Crippen LogP contribution in [-0.2, 0) is 10.0 Å². The molecule has 0 radical (unpaired) electrons. The predicted molar refractivity (Wildman–Crippen MR) is 85.5 cm³/mol. The first-order chi connectivity index (χ1) is 10.6. The zero-order valence-corrected chi connectivity index (χ0v) is 12.7. The maximum Gasteiger partial charge on any atom is 0.262 e. The Kier molecular flexibility index (Phi) is 3.68. The summed E-state index contributed by atoms with van der Waals surface area (Å²) in [5.74, 6) is 0.424. The van der Waals surface area contributed by atoms with Crippen molar-refractivity contribution in [2.75, 3.05) is 11.8 Å². The Hall–Kier alpha value is -2.60. The number of hydrogen-bond donors (Lipinski definition) is 1.